The number of ether oxygens (including phenoxy) is 2. The number of carbonyl (C=O) groups excluding carboxylic acids is 3. The van der Waals surface area contributed by atoms with Gasteiger partial charge in [-0.2, -0.15) is 0 Å². The van der Waals surface area contributed by atoms with E-state index in [0.29, 0.717) is 10.7 Å². The zero-order valence-electron chi connectivity index (χ0n) is 18.6. The molecule has 33 heavy (non-hydrogen) atoms. The van der Waals surface area contributed by atoms with Crippen molar-refractivity contribution < 1.29 is 23.9 Å². The first-order valence-electron chi connectivity index (χ1n) is 10.2. The number of amides is 2. The van der Waals surface area contributed by atoms with E-state index in [9.17, 15) is 14.4 Å². The smallest absolute Gasteiger partial charge is 0.408 e. The van der Waals surface area contributed by atoms with Crippen molar-refractivity contribution in [2.75, 3.05) is 5.01 Å². The van der Waals surface area contributed by atoms with Gasteiger partial charge >= 0.3 is 12.1 Å². The number of hydrogen-bond donors (Lipinski definition) is 2. The van der Waals surface area contributed by atoms with E-state index in [1.807, 2.05) is 18.2 Å². The van der Waals surface area contributed by atoms with Crippen molar-refractivity contribution in [3.63, 3.8) is 0 Å². The lowest BCUT2D eigenvalue weighted by Crippen LogP contribution is -2.45. The molecule has 1 unspecified atom stereocenters. The van der Waals surface area contributed by atoms with Crippen molar-refractivity contribution in [1.82, 2.24) is 5.32 Å². The van der Waals surface area contributed by atoms with Crippen LogP contribution in [0.15, 0.2) is 48.5 Å². The number of hydrazine groups is 1. The third-order valence-electron chi connectivity index (χ3n) is 4.30. The largest absolute Gasteiger partial charge is 0.459 e. The fourth-order valence-electron chi connectivity index (χ4n) is 2.70. The average Bonchev–Trinajstić information content (AvgIpc) is 2.75. The zero-order chi connectivity index (χ0) is 24.6. The third kappa shape index (κ3) is 8.92. The highest BCUT2D eigenvalue weighted by Gasteiger charge is 2.27. The Hall–Kier alpha value is -2.81. The summed E-state index contributed by atoms with van der Waals surface area (Å²) in [6, 6.07) is 12.5. The molecule has 0 saturated carbocycles. The van der Waals surface area contributed by atoms with E-state index in [-0.39, 0.29) is 24.5 Å². The Morgan fingerprint density at radius 3 is 2.33 bits per heavy atom. The molecule has 0 aliphatic heterocycles. The normalized spacial score (nSPS) is 11.9. The lowest BCUT2D eigenvalue weighted by atomic mass is 10.1. The van der Waals surface area contributed by atoms with Crippen LogP contribution >= 0.6 is 23.2 Å². The maximum absolute atomic E-state index is 12.7. The minimum atomic E-state index is -1.12. The van der Waals surface area contributed by atoms with E-state index in [0.717, 1.165) is 10.6 Å². The molecule has 0 aliphatic carbocycles. The van der Waals surface area contributed by atoms with E-state index in [1.54, 1.807) is 32.9 Å². The van der Waals surface area contributed by atoms with Gasteiger partial charge in [0.2, 0.25) is 5.91 Å². The summed E-state index contributed by atoms with van der Waals surface area (Å²) in [5.41, 5.74) is 0.351. The van der Waals surface area contributed by atoms with Gasteiger partial charge in [0, 0.05) is 6.42 Å². The molecule has 0 aliphatic rings. The Kier molecular flexibility index (Phi) is 9.52. The van der Waals surface area contributed by atoms with Crippen LogP contribution in [0, 0.1) is 0 Å². The molecule has 8 nitrogen and oxygen atoms in total. The predicted octanol–water partition coefficient (Wildman–Crippen LogP) is 4.62. The van der Waals surface area contributed by atoms with Crippen molar-refractivity contribution in [2.45, 2.75) is 51.9 Å². The first-order valence-corrected chi connectivity index (χ1v) is 10.9. The Morgan fingerprint density at radius 2 is 1.73 bits per heavy atom. The minimum Gasteiger partial charge on any atom is -0.459 e. The first kappa shape index (κ1) is 26.4. The molecule has 2 rings (SSSR count). The van der Waals surface area contributed by atoms with Gasteiger partial charge in [-0.1, -0.05) is 53.5 Å². The molecule has 2 aromatic rings. The highest BCUT2D eigenvalue weighted by atomic mass is 35.5. The zero-order valence-corrected chi connectivity index (χ0v) is 20.2. The molecule has 3 N–H and O–H groups in total. The quantitative estimate of drug-likeness (QED) is 0.239. The molecule has 2 amide bonds. The molecule has 0 fully saturated rings. The average molecular weight is 496 g/mol. The van der Waals surface area contributed by atoms with E-state index >= 15 is 0 Å². The second-order valence-electron chi connectivity index (χ2n) is 8.19. The van der Waals surface area contributed by atoms with Gasteiger partial charge in [-0.3, -0.25) is 4.79 Å². The minimum absolute atomic E-state index is 0.0202. The summed E-state index contributed by atoms with van der Waals surface area (Å²) in [7, 11) is 0. The lowest BCUT2D eigenvalue weighted by molar-refractivity contribution is -0.147. The molecule has 178 valence electrons. The highest BCUT2D eigenvalue weighted by Crippen LogP contribution is 2.26. The van der Waals surface area contributed by atoms with Crippen LogP contribution in [0.4, 0.5) is 10.5 Å². The molecule has 0 radical (unpaired) electrons. The predicted molar refractivity (Wildman–Crippen MR) is 127 cm³/mol. The van der Waals surface area contributed by atoms with Crippen molar-refractivity contribution in [1.29, 1.82) is 0 Å². The number of nitrogens with zero attached hydrogens (tertiary/aromatic N) is 1. The summed E-state index contributed by atoms with van der Waals surface area (Å²) in [6.45, 7) is 5.11. The van der Waals surface area contributed by atoms with E-state index in [1.165, 1.54) is 18.2 Å². The van der Waals surface area contributed by atoms with Crippen molar-refractivity contribution in [2.24, 2.45) is 5.84 Å². The number of alkyl carbamates (subject to hydrolysis) is 1. The van der Waals surface area contributed by atoms with Gasteiger partial charge in [0.1, 0.15) is 18.2 Å². The van der Waals surface area contributed by atoms with Crippen LogP contribution in [0.25, 0.3) is 0 Å². The van der Waals surface area contributed by atoms with Gasteiger partial charge < -0.3 is 14.8 Å². The number of carbonyl (C=O) groups is 3. The monoisotopic (exact) mass is 495 g/mol. The van der Waals surface area contributed by atoms with Crippen molar-refractivity contribution in [3.05, 3.63) is 64.1 Å². The van der Waals surface area contributed by atoms with Crippen LogP contribution in [-0.2, 0) is 25.7 Å². The van der Waals surface area contributed by atoms with E-state index in [4.69, 9.17) is 38.5 Å². The summed E-state index contributed by atoms with van der Waals surface area (Å²) in [4.78, 5) is 37.5. The Balaban J connectivity index is 2.04. The Labute approximate surface area is 202 Å². The van der Waals surface area contributed by atoms with Crippen LogP contribution in [0.5, 0.6) is 0 Å². The van der Waals surface area contributed by atoms with Crippen molar-refractivity contribution in [3.8, 4) is 0 Å². The number of rotatable bonds is 8. The summed E-state index contributed by atoms with van der Waals surface area (Å²) in [5, 5.41) is 3.94. The molecular formula is C23H27Cl2N3O5. The van der Waals surface area contributed by atoms with Crippen LogP contribution in [0.2, 0.25) is 10.0 Å². The first-order chi connectivity index (χ1) is 15.5. The van der Waals surface area contributed by atoms with Gasteiger partial charge in [-0.25, -0.2) is 20.4 Å². The number of halogens is 2. The second kappa shape index (κ2) is 11.9. The van der Waals surface area contributed by atoms with Crippen LogP contribution in [-0.4, -0.2) is 29.6 Å². The highest BCUT2D eigenvalue weighted by molar-refractivity contribution is 6.42. The summed E-state index contributed by atoms with van der Waals surface area (Å²) < 4.78 is 10.6. The second-order valence-corrected chi connectivity index (χ2v) is 9.01. The number of esters is 1. The molecular weight excluding hydrogens is 469 g/mol. The number of hydrogen-bond acceptors (Lipinski definition) is 6. The molecule has 0 spiro atoms. The third-order valence-corrected chi connectivity index (χ3v) is 5.04. The SMILES string of the molecule is CC(C)(C)OC(=O)NC(CCC(=O)N(N)c1ccc(Cl)c(Cl)c1)C(=O)OCc1ccccc1. The Morgan fingerprint density at radius 1 is 1.06 bits per heavy atom. The maximum atomic E-state index is 12.7. The molecule has 10 heteroatoms. The standard InChI is InChI=1S/C23H27Cl2N3O5/c1-23(2,3)33-22(31)27-19(21(30)32-14-15-7-5-4-6-8-15)11-12-20(29)28(26)16-9-10-17(24)18(25)13-16/h4-10,13,19H,11-12,14,26H2,1-3H3,(H,27,31). The molecule has 0 heterocycles. The lowest BCUT2D eigenvalue weighted by Gasteiger charge is -2.23. The number of nitrogens with one attached hydrogen (secondary N) is 1. The Bertz CT molecular complexity index is 980. The van der Waals surface area contributed by atoms with Crippen LogP contribution < -0.4 is 16.2 Å². The van der Waals surface area contributed by atoms with Gasteiger partial charge in [0.05, 0.1) is 15.7 Å². The van der Waals surface area contributed by atoms with Crippen LogP contribution in [0.3, 0.4) is 0 Å². The van der Waals surface area contributed by atoms with Crippen LogP contribution in [0.1, 0.15) is 39.2 Å². The van der Waals surface area contributed by atoms with Crippen molar-refractivity contribution >= 4 is 46.9 Å². The molecule has 2 aromatic carbocycles. The van der Waals surface area contributed by atoms with E-state index in [2.05, 4.69) is 5.32 Å². The molecule has 0 aromatic heterocycles. The topological polar surface area (TPSA) is 111 Å². The van der Waals surface area contributed by atoms with Gasteiger partial charge in [0.25, 0.3) is 0 Å². The van der Waals surface area contributed by atoms with Gasteiger partial charge in [0.15, 0.2) is 0 Å². The molecule has 1 atom stereocenters. The number of benzene rings is 2. The molecule has 0 saturated heterocycles. The number of anilines is 1. The maximum Gasteiger partial charge on any atom is 0.408 e. The summed E-state index contributed by atoms with van der Waals surface area (Å²) in [5.74, 6) is 4.69. The fourth-order valence-corrected chi connectivity index (χ4v) is 2.99. The summed E-state index contributed by atoms with van der Waals surface area (Å²) >= 11 is 11.9. The van der Waals surface area contributed by atoms with E-state index < -0.39 is 29.6 Å². The fraction of sp³-hybridized carbons (Fsp3) is 0.348. The van der Waals surface area contributed by atoms with Gasteiger partial charge in [-0.05, 0) is 51.0 Å². The number of nitrogens with two attached hydrogens (primary N) is 1. The molecule has 0 bridgehead atoms. The summed E-state index contributed by atoms with van der Waals surface area (Å²) in [6.07, 6.45) is -1.01. The van der Waals surface area contributed by atoms with Gasteiger partial charge in [-0.15, -0.1) is 0 Å².